The van der Waals surface area contributed by atoms with E-state index in [0.29, 0.717) is 5.56 Å². The lowest BCUT2D eigenvalue weighted by Gasteiger charge is -2.32. The molecule has 2 N–H and O–H groups in total. The molecule has 26 heavy (non-hydrogen) atoms. The van der Waals surface area contributed by atoms with Crippen molar-refractivity contribution in [1.82, 2.24) is 4.90 Å². The minimum absolute atomic E-state index is 0.204. The van der Waals surface area contributed by atoms with Gasteiger partial charge < -0.3 is 15.4 Å². The molecule has 0 aromatic carbocycles. The predicted octanol–water partition coefficient (Wildman–Crippen LogP) is 1.10. The number of hydrogen-bond acceptors (Lipinski definition) is 7. The molecular weight excluding hydrogens is 354 g/mol. The van der Waals surface area contributed by atoms with Gasteiger partial charge in [0.1, 0.15) is 0 Å². The van der Waals surface area contributed by atoms with Crippen LogP contribution in [0.15, 0.2) is 40.8 Å². The summed E-state index contributed by atoms with van der Waals surface area (Å²) in [7, 11) is 1.22. The average molecular weight is 371 g/mol. The maximum atomic E-state index is 12.8. The molecule has 2 aliphatic heterocycles. The van der Waals surface area contributed by atoms with Crippen LogP contribution in [0.25, 0.3) is 0 Å². The topological polar surface area (TPSA) is 113 Å². The first-order valence-electron chi connectivity index (χ1n) is 7.88. The molecule has 0 spiro atoms. The molecule has 1 amide bonds. The quantitative estimate of drug-likeness (QED) is 0.793. The van der Waals surface area contributed by atoms with Crippen LogP contribution in [0.2, 0.25) is 0 Å². The highest BCUT2D eigenvalue weighted by atomic mass is 32.1. The van der Waals surface area contributed by atoms with Crippen molar-refractivity contribution < 1.29 is 19.1 Å². The van der Waals surface area contributed by atoms with Crippen LogP contribution < -0.4 is 5.73 Å². The number of amides is 1. The summed E-state index contributed by atoms with van der Waals surface area (Å²) >= 11 is 1.41. The molecule has 3 heterocycles. The summed E-state index contributed by atoms with van der Waals surface area (Å²) in [5.41, 5.74) is 4.65. The maximum Gasteiger partial charge on any atom is 0.329 e. The number of esters is 1. The minimum atomic E-state index is -1.62. The van der Waals surface area contributed by atoms with Gasteiger partial charge >= 0.3 is 5.97 Å². The van der Waals surface area contributed by atoms with Gasteiger partial charge in [-0.25, -0.2) is 0 Å². The van der Waals surface area contributed by atoms with Gasteiger partial charge in [-0.05, 0) is 35.4 Å². The van der Waals surface area contributed by atoms with E-state index in [2.05, 4.69) is 6.07 Å². The Morgan fingerprint density at radius 1 is 1.42 bits per heavy atom. The first-order valence-corrected chi connectivity index (χ1v) is 8.82. The lowest BCUT2D eigenvalue weighted by Crippen LogP contribution is -2.45. The first-order chi connectivity index (χ1) is 12.4. The Kier molecular flexibility index (Phi) is 4.42. The predicted molar refractivity (Wildman–Crippen MR) is 93.6 cm³/mol. The molecule has 0 bridgehead atoms. The van der Waals surface area contributed by atoms with Gasteiger partial charge in [-0.3, -0.25) is 14.4 Å². The maximum absolute atomic E-state index is 12.8. The molecular formula is C18H17N3O4S. The number of fused-ring (bicyclic) bond motifs is 1. The molecule has 2 aliphatic rings. The van der Waals surface area contributed by atoms with Gasteiger partial charge in [0, 0.05) is 12.1 Å². The Morgan fingerprint density at radius 3 is 2.65 bits per heavy atom. The van der Waals surface area contributed by atoms with E-state index in [-0.39, 0.29) is 11.4 Å². The normalized spacial score (nSPS) is 29.5. The van der Waals surface area contributed by atoms with Gasteiger partial charge in [0.25, 0.3) is 0 Å². The lowest BCUT2D eigenvalue weighted by molar-refractivity contribution is -0.150. The van der Waals surface area contributed by atoms with Crippen molar-refractivity contribution in [3.05, 3.63) is 46.3 Å². The number of nitriles is 1. The molecule has 0 aliphatic carbocycles. The third kappa shape index (κ3) is 2.35. The number of rotatable bonds is 4. The number of primary amides is 1. The second-order valence-corrected chi connectivity index (χ2v) is 7.04. The Labute approximate surface area is 154 Å². The number of carbonyl (C=O) groups excluding carboxylic acids is 3. The Hall–Kier alpha value is -2.92. The SMILES string of the molecule is COC(=O)[C@]1(C#N)[C@H](c2ccsc2)[C@@H](C(C)=O)N2C=C(C(N)=O)C=C[C@@H]21. The smallest absolute Gasteiger partial charge is 0.329 e. The van der Waals surface area contributed by atoms with E-state index >= 15 is 0 Å². The van der Waals surface area contributed by atoms with E-state index in [0.717, 1.165) is 0 Å². The number of thiophene rings is 1. The Balaban J connectivity index is 2.28. The second kappa shape index (κ2) is 6.42. The second-order valence-electron chi connectivity index (χ2n) is 6.26. The van der Waals surface area contributed by atoms with E-state index in [1.54, 1.807) is 17.0 Å². The van der Waals surface area contributed by atoms with Crippen molar-refractivity contribution in [2.45, 2.75) is 24.9 Å². The number of nitrogens with zero attached hydrogens (tertiary/aromatic N) is 2. The van der Waals surface area contributed by atoms with Crippen molar-refractivity contribution in [3.63, 3.8) is 0 Å². The zero-order valence-corrected chi connectivity index (χ0v) is 15.0. The molecule has 0 unspecified atom stereocenters. The zero-order chi connectivity index (χ0) is 19.1. The summed E-state index contributed by atoms with van der Waals surface area (Å²) in [6.07, 6.45) is 4.51. The van der Waals surface area contributed by atoms with E-state index in [1.807, 2.05) is 10.8 Å². The standard InChI is InChI=1S/C18H17N3O4S/c1-10(22)15-14(12-5-6-26-8-12)18(9-19,17(24)25-2)13-4-3-11(16(20)23)7-21(13)15/h3-8,13-15H,1-2H3,(H2,20,23)/t13-,14-,15-,18+/m1/s1. The first kappa shape index (κ1) is 17.9. The average Bonchev–Trinajstić information content (AvgIpc) is 3.24. The Bertz CT molecular complexity index is 867. The molecule has 7 nitrogen and oxygen atoms in total. The number of hydrogen-bond donors (Lipinski definition) is 1. The molecule has 8 heteroatoms. The van der Waals surface area contributed by atoms with Crippen LogP contribution in [0, 0.1) is 16.7 Å². The molecule has 0 radical (unpaired) electrons. The lowest BCUT2D eigenvalue weighted by atomic mass is 9.69. The van der Waals surface area contributed by atoms with Crippen molar-refractivity contribution in [3.8, 4) is 6.07 Å². The number of carbonyl (C=O) groups is 3. The fourth-order valence-electron chi connectivity index (χ4n) is 3.91. The molecule has 3 rings (SSSR count). The van der Waals surface area contributed by atoms with Crippen LogP contribution in [0.5, 0.6) is 0 Å². The van der Waals surface area contributed by atoms with Gasteiger partial charge in [0.05, 0.1) is 30.8 Å². The van der Waals surface area contributed by atoms with Crippen LogP contribution in [-0.2, 0) is 19.1 Å². The van der Waals surface area contributed by atoms with Crippen molar-refractivity contribution in [2.24, 2.45) is 11.1 Å². The molecule has 1 aromatic heterocycles. The summed E-state index contributed by atoms with van der Waals surface area (Å²) in [4.78, 5) is 38.5. The summed E-state index contributed by atoms with van der Waals surface area (Å²) in [5.74, 6) is -2.32. The molecule has 1 fully saturated rings. The van der Waals surface area contributed by atoms with E-state index < -0.39 is 35.3 Å². The number of ether oxygens (including phenoxy) is 1. The molecule has 134 valence electrons. The van der Waals surface area contributed by atoms with Crippen LogP contribution in [0.1, 0.15) is 18.4 Å². The van der Waals surface area contributed by atoms with Crippen LogP contribution in [-0.4, -0.2) is 41.8 Å². The Morgan fingerprint density at radius 2 is 2.15 bits per heavy atom. The molecule has 4 atom stereocenters. The summed E-state index contributed by atoms with van der Waals surface area (Å²) < 4.78 is 4.97. The summed E-state index contributed by atoms with van der Waals surface area (Å²) in [6.45, 7) is 1.40. The van der Waals surface area contributed by atoms with Gasteiger partial charge in [0.15, 0.2) is 11.2 Å². The van der Waals surface area contributed by atoms with E-state index in [9.17, 15) is 19.6 Å². The van der Waals surface area contributed by atoms with Crippen LogP contribution >= 0.6 is 11.3 Å². The highest BCUT2D eigenvalue weighted by molar-refractivity contribution is 7.08. The number of methoxy groups -OCH3 is 1. The monoisotopic (exact) mass is 371 g/mol. The molecule has 1 aromatic rings. The molecule has 0 saturated carbocycles. The van der Waals surface area contributed by atoms with Gasteiger partial charge in [0.2, 0.25) is 5.91 Å². The van der Waals surface area contributed by atoms with Crippen molar-refractivity contribution >= 4 is 29.0 Å². The van der Waals surface area contributed by atoms with Crippen LogP contribution in [0.3, 0.4) is 0 Å². The highest BCUT2D eigenvalue weighted by Crippen LogP contribution is 2.54. The van der Waals surface area contributed by atoms with Gasteiger partial charge in [-0.2, -0.15) is 16.6 Å². The summed E-state index contributed by atoms with van der Waals surface area (Å²) in [5, 5.41) is 13.7. The van der Waals surface area contributed by atoms with E-state index in [4.69, 9.17) is 10.5 Å². The zero-order valence-electron chi connectivity index (χ0n) is 14.2. The van der Waals surface area contributed by atoms with Gasteiger partial charge in [-0.15, -0.1) is 0 Å². The third-order valence-corrected chi connectivity index (χ3v) is 5.67. The third-order valence-electron chi connectivity index (χ3n) is 4.97. The van der Waals surface area contributed by atoms with Gasteiger partial charge in [-0.1, -0.05) is 6.08 Å². The minimum Gasteiger partial charge on any atom is -0.468 e. The fraction of sp³-hybridized carbons (Fsp3) is 0.333. The number of nitrogens with two attached hydrogens (primary N) is 1. The highest BCUT2D eigenvalue weighted by Gasteiger charge is 2.66. The fourth-order valence-corrected chi connectivity index (χ4v) is 4.61. The van der Waals surface area contributed by atoms with Crippen LogP contribution in [0.4, 0.5) is 0 Å². The molecule has 1 saturated heterocycles. The number of ketones is 1. The van der Waals surface area contributed by atoms with Crippen molar-refractivity contribution in [2.75, 3.05) is 7.11 Å². The number of Topliss-reactive ketones (excluding diaryl/α,β-unsaturated/α-hetero) is 1. The summed E-state index contributed by atoms with van der Waals surface area (Å²) in [6, 6.07) is 2.38. The van der Waals surface area contributed by atoms with E-state index in [1.165, 1.54) is 37.6 Å². The van der Waals surface area contributed by atoms with Crippen molar-refractivity contribution in [1.29, 1.82) is 5.26 Å². The largest absolute Gasteiger partial charge is 0.468 e.